The molecule has 2 N–H and O–H groups in total. The molecule has 0 spiro atoms. The number of hydrogen-bond acceptors (Lipinski definition) is 4. The van der Waals surface area contributed by atoms with Gasteiger partial charge in [0.15, 0.2) is 0 Å². The first-order chi connectivity index (χ1) is 12.2. The number of halogens is 1. The van der Waals surface area contributed by atoms with Gasteiger partial charge in [-0.05, 0) is 23.3 Å². The van der Waals surface area contributed by atoms with Crippen LogP contribution in [0.3, 0.4) is 0 Å². The van der Waals surface area contributed by atoms with Crippen molar-refractivity contribution in [3.05, 3.63) is 58.9 Å². The van der Waals surface area contributed by atoms with Crippen molar-refractivity contribution in [2.45, 2.75) is 13.2 Å². The molecule has 6 nitrogen and oxygen atoms in total. The lowest BCUT2D eigenvalue weighted by Crippen LogP contribution is -2.49. The van der Waals surface area contributed by atoms with E-state index in [2.05, 4.69) is 15.2 Å². The SMILES string of the molecule is O=C(Nc1ccc(Cl)nc1)N1CCN(Cc2ccccc2CO)CC1. The molecule has 2 aromatic rings. The van der Waals surface area contributed by atoms with Crippen LogP contribution in [-0.2, 0) is 13.2 Å². The number of aliphatic hydroxyl groups is 1. The lowest BCUT2D eigenvalue weighted by atomic mass is 10.1. The van der Waals surface area contributed by atoms with E-state index >= 15 is 0 Å². The highest BCUT2D eigenvalue weighted by molar-refractivity contribution is 6.29. The van der Waals surface area contributed by atoms with E-state index in [-0.39, 0.29) is 12.6 Å². The summed E-state index contributed by atoms with van der Waals surface area (Å²) < 4.78 is 0. The first-order valence-corrected chi connectivity index (χ1v) is 8.61. The van der Waals surface area contributed by atoms with E-state index in [9.17, 15) is 9.90 Å². The van der Waals surface area contributed by atoms with Gasteiger partial charge in [0.25, 0.3) is 0 Å². The maximum absolute atomic E-state index is 12.3. The molecule has 1 aliphatic heterocycles. The van der Waals surface area contributed by atoms with Gasteiger partial charge in [-0.15, -0.1) is 0 Å². The Balaban J connectivity index is 1.51. The van der Waals surface area contributed by atoms with Gasteiger partial charge < -0.3 is 15.3 Å². The zero-order chi connectivity index (χ0) is 17.6. The van der Waals surface area contributed by atoms with Crippen LogP contribution in [-0.4, -0.2) is 52.1 Å². The maximum Gasteiger partial charge on any atom is 0.321 e. The number of nitrogens with zero attached hydrogens (tertiary/aromatic N) is 3. The predicted molar refractivity (Wildman–Crippen MR) is 97.5 cm³/mol. The van der Waals surface area contributed by atoms with E-state index in [4.69, 9.17) is 11.6 Å². The van der Waals surface area contributed by atoms with E-state index in [1.54, 1.807) is 23.2 Å². The third-order valence-corrected chi connectivity index (χ3v) is 4.54. The molecular formula is C18H21ClN4O2. The summed E-state index contributed by atoms with van der Waals surface area (Å²) in [4.78, 5) is 20.4. The average Bonchev–Trinajstić information content (AvgIpc) is 2.64. The number of carbonyl (C=O) groups is 1. The highest BCUT2D eigenvalue weighted by Crippen LogP contribution is 2.15. The van der Waals surface area contributed by atoms with E-state index in [1.807, 2.05) is 24.3 Å². The molecule has 0 bridgehead atoms. The predicted octanol–water partition coefficient (Wildman–Crippen LogP) is 2.58. The molecule has 1 aromatic heterocycles. The normalized spacial score (nSPS) is 15.2. The van der Waals surface area contributed by atoms with Gasteiger partial charge in [0.05, 0.1) is 18.5 Å². The molecule has 0 saturated carbocycles. The quantitative estimate of drug-likeness (QED) is 0.822. The van der Waals surface area contributed by atoms with Crippen LogP contribution in [0.5, 0.6) is 0 Å². The smallest absolute Gasteiger partial charge is 0.321 e. The van der Waals surface area contributed by atoms with Crippen LogP contribution in [0.25, 0.3) is 0 Å². The molecular weight excluding hydrogens is 340 g/mol. The molecule has 2 heterocycles. The van der Waals surface area contributed by atoms with E-state index in [0.29, 0.717) is 23.9 Å². The molecule has 132 valence electrons. The summed E-state index contributed by atoms with van der Waals surface area (Å²) in [5.41, 5.74) is 2.72. The molecule has 0 aliphatic carbocycles. The maximum atomic E-state index is 12.3. The van der Waals surface area contributed by atoms with Gasteiger partial charge in [-0.25, -0.2) is 9.78 Å². The van der Waals surface area contributed by atoms with Crippen molar-refractivity contribution < 1.29 is 9.90 Å². The van der Waals surface area contributed by atoms with Crippen LogP contribution in [0.15, 0.2) is 42.6 Å². The Morgan fingerprint density at radius 3 is 2.48 bits per heavy atom. The van der Waals surface area contributed by atoms with Crippen molar-refractivity contribution in [1.82, 2.24) is 14.8 Å². The number of rotatable bonds is 4. The summed E-state index contributed by atoms with van der Waals surface area (Å²) >= 11 is 5.75. The Kier molecular flexibility index (Phi) is 5.86. The van der Waals surface area contributed by atoms with Crippen LogP contribution >= 0.6 is 11.6 Å². The minimum absolute atomic E-state index is 0.0493. The number of nitrogens with one attached hydrogen (secondary N) is 1. The largest absolute Gasteiger partial charge is 0.392 e. The Morgan fingerprint density at radius 1 is 1.12 bits per heavy atom. The summed E-state index contributed by atoms with van der Waals surface area (Å²) in [6.45, 7) is 3.75. The lowest BCUT2D eigenvalue weighted by molar-refractivity contribution is 0.142. The highest BCUT2D eigenvalue weighted by atomic mass is 35.5. The third kappa shape index (κ3) is 4.69. The Labute approximate surface area is 152 Å². The van der Waals surface area contributed by atoms with Crippen LogP contribution < -0.4 is 5.32 Å². The Hall–Kier alpha value is -2.15. The number of urea groups is 1. The fourth-order valence-electron chi connectivity index (χ4n) is 2.87. The number of amides is 2. The Bertz CT molecular complexity index is 715. The van der Waals surface area contributed by atoms with Crippen LogP contribution in [0.1, 0.15) is 11.1 Å². The summed E-state index contributed by atoms with van der Waals surface area (Å²) in [5, 5.41) is 12.7. The molecule has 25 heavy (non-hydrogen) atoms. The summed E-state index contributed by atoms with van der Waals surface area (Å²) in [7, 11) is 0. The number of anilines is 1. The van der Waals surface area contributed by atoms with Gasteiger partial charge >= 0.3 is 6.03 Å². The number of aromatic nitrogens is 1. The first kappa shape index (κ1) is 17.7. The third-order valence-electron chi connectivity index (χ3n) is 4.32. The average molecular weight is 361 g/mol. The zero-order valence-electron chi connectivity index (χ0n) is 13.9. The molecule has 1 saturated heterocycles. The molecule has 1 aromatic carbocycles. The molecule has 0 radical (unpaired) electrons. The zero-order valence-corrected chi connectivity index (χ0v) is 14.6. The fourth-order valence-corrected chi connectivity index (χ4v) is 2.98. The second-order valence-corrected chi connectivity index (χ2v) is 6.38. The molecule has 0 unspecified atom stereocenters. The van der Waals surface area contributed by atoms with Crippen molar-refractivity contribution in [3.63, 3.8) is 0 Å². The van der Waals surface area contributed by atoms with Crippen LogP contribution in [0, 0.1) is 0 Å². The summed E-state index contributed by atoms with van der Waals surface area (Å²) in [6, 6.07) is 11.2. The Morgan fingerprint density at radius 2 is 1.84 bits per heavy atom. The second kappa shape index (κ2) is 8.29. The minimum atomic E-state index is -0.125. The minimum Gasteiger partial charge on any atom is -0.392 e. The molecule has 2 amide bonds. The van der Waals surface area contributed by atoms with E-state index in [1.165, 1.54) is 0 Å². The van der Waals surface area contributed by atoms with Gasteiger partial charge in [0.2, 0.25) is 0 Å². The second-order valence-electron chi connectivity index (χ2n) is 5.99. The highest BCUT2D eigenvalue weighted by Gasteiger charge is 2.21. The summed E-state index contributed by atoms with van der Waals surface area (Å²) in [6.07, 6.45) is 1.54. The number of piperazine rings is 1. The number of benzene rings is 1. The monoisotopic (exact) mass is 360 g/mol. The topological polar surface area (TPSA) is 68.7 Å². The van der Waals surface area contributed by atoms with E-state index < -0.39 is 0 Å². The van der Waals surface area contributed by atoms with Crippen molar-refractivity contribution in [1.29, 1.82) is 0 Å². The van der Waals surface area contributed by atoms with Crippen LogP contribution in [0.2, 0.25) is 5.15 Å². The van der Waals surface area contributed by atoms with Gasteiger partial charge in [-0.2, -0.15) is 0 Å². The van der Waals surface area contributed by atoms with E-state index in [0.717, 1.165) is 30.8 Å². The molecule has 1 aliphatic rings. The standard InChI is InChI=1S/C18H21ClN4O2/c19-17-6-5-16(11-20-17)21-18(25)23-9-7-22(8-10-23)12-14-3-1-2-4-15(14)13-24/h1-6,11,24H,7-10,12-13H2,(H,21,25). The van der Waals surface area contributed by atoms with Crippen molar-refractivity contribution in [3.8, 4) is 0 Å². The number of carbonyl (C=O) groups excluding carboxylic acids is 1. The van der Waals surface area contributed by atoms with Crippen molar-refractivity contribution in [2.24, 2.45) is 0 Å². The van der Waals surface area contributed by atoms with Gasteiger partial charge in [0, 0.05) is 32.7 Å². The fraction of sp³-hybridized carbons (Fsp3) is 0.333. The van der Waals surface area contributed by atoms with Crippen molar-refractivity contribution >= 4 is 23.3 Å². The van der Waals surface area contributed by atoms with Crippen molar-refractivity contribution in [2.75, 3.05) is 31.5 Å². The lowest BCUT2D eigenvalue weighted by Gasteiger charge is -2.35. The summed E-state index contributed by atoms with van der Waals surface area (Å²) in [5.74, 6) is 0. The van der Waals surface area contributed by atoms with Gasteiger partial charge in [-0.1, -0.05) is 35.9 Å². The van der Waals surface area contributed by atoms with Gasteiger partial charge in [0.1, 0.15) is 5.15 Å². The molecule has 7 heteroatoms. The molecule has 0 atom stereocenters. The number of hydrogen-bond donors (Lipinski definition) is 2. The first-order valence-electron chi connectivity index (χ1n) is 8.23. The molecule has 1 fully saturated rings. The number of pyridine rings is 1. The molecule has 3 rings (SSSR count). The van der Waals surface area contributed by atoms with Crippen LogP contribution in [0.4, 0.5) is 10.5 Å². The van der Waals surface area contributed by atoms with Gasteiger partial charge in [-0.3, -0.25) is 4.90 Å². The number of aliphatic hydroxyl groups excluding tert-OH is 1.